The van der Waals surface area contributed by atoms with Gasteiger partial charge in [-0.15, -0.1) is 0 Å². The van der Waals surface area contributed by atoms with Gasteiger partial charge in [0.1, 0.15) is 17.3 Å². The fraction of sp³-hybridized carbons (Fsp3) is 0.346. The van der Waals surface area contributed by atoms with Gasteiger partial charge >= 0.3 is 0 Å². The van der Waals surface area contributed by atoms with Crippen molar-refractivity contribution in [2.75, 3.05) is 26.3 Å². The number of carbonyl (C=O) groups excluding carboxylic acids is 1. The first kappa shape index (κ1) is 28.0. The maximum atomic E-state index is 13.5. The van der Waals surface area contributed by atoms with E-state index >= 15 is 0 Å². The van der Waals surface area contributed by atoms with E-state index in [2.05, 4.69) is 15.9 Å². The minimum atomic E-state index is -3.94. The van der Waals surface area contributed by atoms with Crippen molar-refractivity contribution in [2.24, 2.45) is 0 Å². The van der Waals surface area contributed by atoms with Crippen LogP contribution in [0.25, 0.3) is 0 Å². The molecule has 0 N–H and O–H groups in total. The molecule has 0 saturated carbocycles. The summed E-state index contributed by atoms with van der Waals surface area (Å²) in [6.45, 7) is 4.65. The highest BCUT2D eigenvalue weighted by molar-refractivity contribution is 9.10. The predicted octanol–water partition coefficient (Wildman–Crippen LogP) is 5.14. The standard InChI is InChI=1S/C26H30BrFN2O5S/c1-3-34-16-4-15-30(36(32,33)25-13-8-22(27)9-14-25)19-26(31)29(18-24-12-5-20(2)35-24)17-21-6-10-23(28)11-7-21/h5-14H,3-4,15-19H2,1-2H3. The number of hydrogen-bond acceptors (Lipinski definition) is 5. The molecule has 0 fully saturated rings. The summed E-state index contributed by atoms with van der Waals surface area (Å²) in [5.41, 5.74) is 0.715. The molecule has 0 aliphatic heterocycles. The van der Waals surface area contributed by atoms with Crippen LogP contribution in [0.5, 0.6) is 0 Å². The number of halogens is 2. The van der Waals surface area contributed by atoms with E-state index in [9.17, 15) is 17.6 Å². The van der Waals surface area contributed by atoms with Gasteiger partial charge in [0.2, 0.25) is 15.9 Å². The molecule has 0 spiro atoms. The summed E-state index contributed by atoms with van der Waals surface area (Å²) >= 11 is 3.32. The number of rotatable bonds is 13. The van der Waals surface area contributed by atoms with Crippen molar-refractivity contribution in [1.82, 2.24) is 9.21 Å². The Morgan fingerprint density at radius 3 is 2.33 bits per heavy atom. The molecule has 0 bridgehead atoms. The van der Waals surface area contributed by atoms with E-state index in [1.54, 1.807) is 43.3 Å². The van der Waals surface area contributed by atoms with Gasteiger partial charge in [0, 0.05) is 30.8 Å². The zero-order chi connectivity index (χ0) is 26.1. The minimum Gasteiger partial charge on any atom is -0.464 e. The van der Waals surface area contributed by atoms with E-state index in [-0.39, 0.29) is 36.9 Å². The van der Waals surface area contributed by atoms with Gasteiger partial charge in [-0.05, 0) is 74.4 Å². The Bertz CT molecular complexity index is 1230. The van der Waals surface area contributed by atoms with E-state index in [0.717, 1.165) is 4.47 Å². The number of carbonyl (C=O) groups is 1. The van der Waals surface area contributed by atoms with Crippen molar-refractivity contribution in [1.29, 1.82) is 0 Å². The Kier molecular flexibility index (Phi) is 10.2. The maximum Gasteiger partial charge on any atom is 0.243 e. The summed E-state index contributed by atoms with van der Waals surface area (Å²) in [4.78, 5) is 15.1. The van der Waals surface area contributed by atoms with E-state index in [1.807, 2.05) is 6.92 Å². The van der Waals surface area contributed by atoms with Crippen molar-refractivity contribution >= 4 is 31.9 Å². The smallest absolute Gasteiger partial charge is 0.243 e. The van der Waals surface area contributed by atoms with Gasteiger partial charge in [-0.1, -0.05) is 28.1 Å². The summed E-state index contributed by atoms with van der Waals surface area (Å²) in [6.07, 6.45) is 0.437. The van der Waals surface area contributed by atoms with E-state index in [1.165, 1.54) is 33.5 Å². The largest absolute Gasteiger partial charge is 0.464 e. The maximum absolute atomic E-state index is 13.5. The van der Waals surface area contributed by atoms with Crippen molar-refractivity contribution in [3.63, 3.8) is 0 Å². The molecular weight excluding hydrogens is 551 g/mol. The third kappa shape index (κ3) is 7.99. The number of aryl methyl sites for hydroxylation is 1. The zero-order valence-electron chi connectivity index (χ0n) is 20.3. The number of ether oxygens (including phenoxy) is 1. The van der Waals surface area contributed by atoms with Crippen LogP contribution in [0.4, 0.5) is 4.39 Å². The van der Waals surface area contributed by atoms with Crippen molar-refractivity contribution < 1.29 is 26.8 Å². The second-order valence-electron chi connectivity index (χ2n) is 8.23. The summed E-state index contributed by atoms with van der Waals surface area (Å²) in [7, 11) is -3.94. The molecule has 0 radical (unpaired) electrons. The average Bonchev–Trinajstić information content (AvgIpc) is 3.26. The Labute approximate surface area is 220 Å². The second kappa shape index (κ2) is 13.1. The molecule has 0 aliphatic rings. The number of amides is 1. The highest BCUT2D eigenvalue weighted by Crippen LogP contribution is 2.21. The van der Waals surface area contributed by atoms with Crippen LogP contribution < -0.4 is 0 Å². The van der Waals surface area contributed by atoms with Crippen LogP contribution in [-0.4, -0.2) is 49.8 Å². The SMILES string of the molecule is CCOCCCN(CC(=O)N(Cc1ccc(F)cc1)Cc1ccc(C)o1)S(=O)(=O)c1ccc(Br)cc1. The van der Waals surface area contributed by atoms with E-state index in [0.29, 0.717) is 36.7 Å². The number of benzene rings is 2. The Hall–Kier alpha value is -2.53. The molecule has 2 aromatic carbocycles. The molecule has 194 valence electrons. The number of hydrogen-bond donors (Lipinski definition) is 0. The molecule has 3 aromatic rings. The van der Waals surface area contributed by atoms with Gasteiger partial charge < -0.3 is 14.1 Å². The van der Waals surface area contributed by atoms with Gasteiger partial charge in [-0.2, -0.15) is 4.31 Å². The van der Waals surface area contributed by atoms with Crippen LogP contribution in [-0.2, 0) is 32.6 Å². The van der Waals surface area contributed by atoms with Crippen LogP contribution in [0.3, 0.4) is 0 Å². The van der Waals surface area contributed by atoms with Gasteiger partial charge in [0.05, 0.1) is 18.0 Å². The van der Waals surface area contributed by atoms with Gasteiger partial charge in [0.25, 0.3) is 0 Å². The van der Waals surface area contributed by atoms with Crippen LogP contribution >= 0.6 is 15.9 Å². The number of nitrogens with zero attached hydrogens (tertiary/aromatic N) is 2. The van der Waals surface area contributed by atoms with Gasteiger partial charge in [-0.25, -0.2) is 12.8 Å². The quantitative estimate of drug-likeness (QED) is 0.262. The molecule has 0 atom stereocenters. The first-order chi connectivity index (χ1) is 17.2. The van der Waals surface area contributed by atoms with Crippen LogP contribution in [0.1, 0.15) is 30.4 Å². The fourth-order valence-corrected chi connectivity index (χ4v) is 5.27. The van der Waals surface area contributed by atoms with Crippen LogP contribution in [0.2, 0.25) is 0 Å². The summed E-state index contributed by atoms with van der Waals surface area (Å²) < 4.78 is 53.3. The Morgan fingerprint density at radius 1 is 1.03 bits per heavy atom. The van der Waals surface area contributed by atoms with E-state index < -0.39 is 15.9 Å². The first-order valence-corrected chi connectivity index (χ1v) is 13.8. The molecule has 0 saturated heterocycles. The third-order valence-electron chi connectivity index (χ3n) is 5.45. The third-order valence-corrected chi connectivity index (χ3v) is 7.83. The van der Waals surface area contributed by atoms with Crippen LogP contribution in [0, 0.1) is 12.7 Å². The van der Waals surface area contributed by atoms with Gasteiger partial charge in [-0.3, -0.25) is 4.79 Å². The molecule has 7 nitrogen and oxygen atoms in total. The monoisotopic (exact) mass is 580 g/mol. The second-order valence-corrected chi connectivity index (χ2v) is 11.1. The molecule has 0 aliphatic carbocycles. The fourth-order valence-electron chi connectivity index (χ4n) is 3.58. The Balaban J connectivity index is 1.85. The summed E-state index contributed by atoms with van der Waals surface area (Å²) in [5, 5.41) is 0. The highest BCUT2D eigenvalue weighted by Gasteiger charge is 2.29. The molecule has 1 heterocycles. The van der Waals surface area contributed by atoms with Crippen molar-refractivity contribution in [3.05, 3.63) is 88.0 Å². The predicted molar refractivity (Wildman–Crippen MR) is 138 cm³/mol. The highest BCUT2D eigenvalue weighted by atomic mass is 79.9. The molecule has 10 heteroatoms. The lowest BCUT2D eigenvalue weighted by atomic mass is 10.2. The van der Waals surface area contributed by atoms with Crippen LogP contribution in [0.15, 0.2) is 74.4 Å². The molecular formula is C26H30BrFN2O5S. The normalized spacial score (nSPS) is 11.7. The molecule has 1 amide bonds. The van der Waals surface area contributed by atoms with E-state index in [4.69, 9.17) is 9.15 Å². The molecule has 3 rings (SSSR count). The number of sulfonamides is 1. The first-order valence-electron chi connectivity index (χ1n) is 11.6. The van der Waals surface area contributed by atoms with Crippen molar-refractivity contribution in [3.8, 4) is 0 Å². The Morgan fingerprint density at radius 2 is 1.72 bits per heavy atom. The minimum absolute atomic E-state index is 0.0988. The molecule has 36 heavy (non-hydrogen) atoms. The zero-order valence-corrected chi connectivity index (χ0v) is 22.7. The topological polar surface area (TPSA) is 80.1 Å². The molecule has 1 aromatic heterocycles. The lowest BCUT2D eigenvalue weighted by Gasteiger charge is -2.27. The molecule has 0 unspecified atom stereocenters. The van der Waals surface area contributed by atoms with Gasteiger partial charge in [0.15, 0.2) is 0 Å². The lowest BCUT2D eigenvalue weighted by Crippen LogP contribution is -2.43. The summed E-state index contributed by atoms with van der Waals surface area (Å²) in [6, 6.07) is 15.7. The summed E-state index contributed by atoms with van der Waals surface area (Å²) in [5.74, 6) is 0.501. The van der Waals surface area contributed by atoms with Crippen molar-refractivity contribution in [2.45, 2.75) is 38.3 Å². The lowest BCUT2D eigenvalue weighted by molar-refractivity contribution is -0.133. The number of furan rings is 1. The average molecular weight is 582 g/mol.